The van der Waals surface area contributed by atoms with Gasteiger partial charge in [-0.3, -0.25) is 0 Å². The van der Waals surface area contributed by atoms with Gasteiger partial charge in [-0.15, -0.1) is 0 Å². The minimum atomic E-state index is 1.29. The normalized spacial score (nSPS) is 12.4. The Kier molecular flexibility index (Phi) is 2.97. The van der Waals surface area contributed by atoms with E-state index in [-0.39, 0.29) is 0 Å². The van der Waals surface area contributed by atoms with Crippen LogP contribution in [0.25, 0.3) is 75.4 Å². The number of fused-ring (bicyclic) bond motifs is 9. The molecule has 8 rings (SSSR count). The van der Waals surface area contributed by atoms with Gasteiger partial charge in [-0.1, -0.05) is 109 Å². The summed E-state index contributed by atoms with van der Waals surface area (Å²) >= 11 is 0. The summed E-state index contributed by atoms with van der Waals surface area (Å²) in [6.07, 6.45) is 0. The first kappa shape index (κ1) is 16.5. The lowest BCUT2D eigenvalue weighted by atomic mass is 9.86. The molecule has 0 saturated carbocycles. The van der Waals surface area contributed by atoms with E-state index in [0.29, 0.717) is 0 Å². The predicted octanol–water partition coefficient (Wildman–Crippen LogP) is 9.20. The topological polar surface area (TPSA) is 0 Å². The van der Waals surface area contributed by atoms with Crippen molar-refractivity contribution in [3.8, 4) is 0 Å². The molecule has 0 spiro atoms. The molecule has 8 aromatic rings. The molecule has 0 nitrogen and oxygen atoms in total. The summed E-state index contributed by atoms with van der Waals surface area (Å²) in [5.41, 5.74) is 0. The minimum Gasteiger partial charge on any atom is -0.0616 e. The highest BCUT2D eigenvalue weighted by Gasteiger charge is 2.15. The van der Waals surface area contributed by atoms with Gasteiger partial charge < -0.3 is 0 Å². The fraction of sp³-hybridized carbons (Fsp3) is 0. The molecule has 0 radical (unpaired) electrons. The monoisotopic (exact) mass is 402 g/mol. The molecule has 0 aliphatic rings. The van der Waals surface area contributed by atoms with Gasteiger partial charge in [-0.05, 0) is 75.4 Å². The van der Waals surface area contributed by atoms with Gasteiger partial charge in [-0.2, -0.15) is 0 Å². The summed E-state index contributed by atoms with van der Waals surface area (Å²) in [6.45, 7) is 0. The van der Waals surface area contributed by atoms with E-state index in [4.69, 9.17) is 0 Å². The van der Waals surface area contributed by atoms with E-state index in [2.05, 4.69) is 109 Å². The van der Waals surface area contributed by atoms with E-state index >= 15 is 0 Å². The zero-order valence-corrected chi connectivity index (χ0v) is 17.4. The van der Waals surface area contributed by atoms with Crippen molar-refractivity contribution in [1.29, 1.82) is 0 Å². The third-order valence-corrected chi connectivity index (χ3v) is 7.37. The van der Waals surface area contributed by atoms with Gasteiger partial charge in [0.1, 0.15) is 0 Å². The van der Waals surface area contributed by atoms with E-state index in [0.717, 1.165) is 0 Å². The van der Waals surface area contributed by atoms with Crippen molar-refractivity contribution < 1.29 is 0 Å². The lowest BCUT2D eigenvalue weighted by Gasteiger charge is -2.17. The highest BCUT2D eigenvalue weighted by atomic mass is 14.2. The van der Waals surface area contributed by atoms with Crippen LogP contribution in [0.4, 0.5) is 0 Å². The van der Waals surface area contributed by atoms with Gasteiger partial charge in [0.05, 0.1) is 0 Å². The maximum atomic E-state index is 2.34. The van der Waals surface area contributed by atoms with E-state index in [1.54, 1.807) is 0 Å². The van der Waals surface area contributed by atoms with Crippen LogP contribution in [0.15, 0.2) is 109 Å². The second-order valence-electron chi connectivity index (χ2n) is 8.90. The molecule has 146 valence electrons. The van der Waals surface area contributed by atoms with E-state index in [1.807, 2.05) is 0 Å². The first-order chi connectivity index (χ1) is 15.9. The molecule has 0 unspecified atom stereocenters. The predicted molar refractivity (Wildman–Crippen MR) is 140 cm³/mol. The number of hydrogen-bond acceptors (Lipinski definition) is 0. The summed E-state index contributed by atoms with van der Waals surface area (Å²) < 4.78 is 0. The van der Waals surface area contributed by atoms with Crippen LogP contribution < -0.4 is 0 Å². The molecular formula is C32H18. The summed E-state index contributed by atoms with van der Waals surface area (Å²) in [7, 11) is 0. The summed E-state index contributed by atoms with van der Waals surface area (Å²) in [6, 6.07) is 40.6. The van der Waals surface area contributed by atoms with E-state index < -0.39 is 0 Å². The van der Waals surface area contributed by atoms with Crippen molar-refractivity contribution >= 4 is 75.4 Å². The van der Waals surface area contributed by atoms with Crippen molar-refractivity contribution in [2.75, 3.05) is 0 Å². The lowest BCUT2D eigenvalue weighted by molar-refractivity contribution is 1.79. The molecule has 0 heterocycles. The van der Waals surface area contributed by atoms with Crippen molar-refractivity contribution in [3.63, 3.8) is 0 Å². The molecule has 0 aliphatic carbocycles. The van der Waals surface area contributed by atoms with Crippen molar-refractivity contribution in [2.24, 2.45) is 0 Å². The molecule has 0 bridgehead atoms. The maximum absolute atomic E-state index is 2.34. The Labute approximate surface area is 184 Å². The molecule has 0 aromatic heterocycles. The van der Waals surface area contributed by atoms with Gasteiger partial charge >= 0.3 is 0 Å². The summed E-state index contributed by atoms with van der Waals surface area (Å²) in [4.78, 5) is 0. The second kappa shape index (κ2) is 5.75. The molecule has 8 aromatic carbocycles. The van der Waals surface area contributed by atoms with Crippen molar-refractivity contribution in [3.05, 3.63) is 109 Å². The van der Waals surface area contributed by atoms with E-state index in [1.165, 1.54) is 75.4 Å². The molecular weight excluding hydrogens is 384 g/mol. The van der Waals surface area contributed by atoms with Crippen LogP contribution in [0.1, 0.15) is 0 Å². The van der Waals surface area contributed by atoms with Crippen LogP contribution in [0.5, 0.6) is 0 Å². The van der Waals surface area contributed by atoms with Gasteiger partial charge in [0.15, 0.2) is 0 Å². The quantitative estimate of drug-likeness (QED) is 0.175. The van der Waals surface area contributed by atoms with Crippen LogP contribution in [0.3, 0.4) is 0 Å². The third-order valence-electron chi connectivity index (χ3n) is 7.37. The second-order valence-corrected chi connectivity index (χ2v) is 8.90. The highest BCUT2D eigenvalue weighted by molar-refractivity contribution is 6.38. The SMILES string of the molecule is c1ccc2c(c1)ccc1c2ccc2c1ccc1c3cccc4ccc5cccc(c21)c5c43. The molecule has 0 N–H and O–H groups in total. The zero-order chi connectivity index (χ0) is 20.8. The molecule has 32 heavy (non-hydrogen) atoms. The van der Waals surface area contributed by atoms with Crippen molar-refractivity contribution in [2.45, 2.75) is 0 Å². The molecule has 0 fully saturated rings. The van der Waals surface area contributed by atoms with Crippen LogP contribution >= 0.6 is 0 Å². The van der Waals surface area contributed by atoms with Gasteiger partial charge in [-0.25, -0.2) is 0 Å². The average molecular weight is 402 g/mol. The Bertz CT molecular complexity index is 2020. The largest absolute Gasteiger partial charge is 0.0616 e. The third kappa shape index (κ3) is 1.93. The fourth-order valence-corrected chi connectivity index (χ4v) is 6.01. The Hall–Kier alpha value is -4.16. The first-order valence-corrected chi connectivity index (χ1v) is 11.2. The van der Waals surface area contributed by atoms with Crippen LogP contribution in [-0.4, -0.2) is 0 Å². The molecule has 0 aliphatic heterocycles. The summed E-state index contributed by atoms with van der Waals surface area (Å²) in [5.74, 6) is 0. The molecule has 0 amide bonds. The summed E-state index contributed by atoms with van der Waals surface area (Å²) in [5, 5.41) is 18.8. The van der Waals surface area contributed by atoms with Gasteiger partial charge in [0, 0.05) is 0 Å². The minimum absolute atomic E-state index is 1.29. The van der Waals surface area contributed by atoms with Crippen LogP contribution in [0.2, 0.25) is 0 Å². The first-order valence-electron chi connectivity index (χ1n) is 11.2. The standard InChI is InChI=1S/C32H18/c1-2-8-22-19(5-1)13-14-24-23(22)15-17-27-25(24)16-18-28-26-9-3-6-20-11-12-21-7-4-10-29(32(27)28)31(21)30(20)26/h1-18H. The van der Waals surface area contributed by atoms with Crippen LogP contribution in [-0.2, 0) is 0 Å². The highest BCUT2D eigenvalue weighted by Crippen LogP contribution is 2.44. The fourth-order valence-electron chi connectivity index (χ4n) is 6.01. The van der Waals surface area contributed by atoms with Crippen LogP contribution in [0, 0.1) is 0 Å². The van der Waals surface area contributed by atoms with Gasteiger partial charge in [0.2, 0.25) is 0 Å². The number of hydrogen-bond donors (Lipinski definition) is 0. The molecule has 0 heteroatoms. The Balaban J connectivity index is 1.68. The molecule has 0 atom stereocenters. The Morgan fingerprint density at radius 2 is 0.656 bits per heavy atom. The molecule has 0 saturated heterocycles. The average Bonchev–Trinajstić information content (AvgIpc) is 2.86. The smallest absolute Gasteiger partial charge is 0.00199 e. The zero-order valence-electron chi connectivity index (χ0n) is 17.4. The Morgan fingerprint density at radius 1 is 0.219 bits per heavy atom. The van der Waals surface area contributed by atoms with Crippen molar-refractivity contribution in [1.82, 2.24) is 0 Å². The van der Waals surface area contributed by atoms with Gasteiger partial charge in [0.25, 0.3) is 0 Å². The number of benzene rings is 8. The maximum Gasteiger partial charge on any atom is -0.00199 e. The number of rotatable bonds is 0. The van der Waals surface area contributed by atoms with E-state index in [9.17, 15) is 0 Å². The Morgan fingerprint density at radius 3 is 1.47 bits per heavy atom. The lowest BCUT2D eigenvalue weighted by Crippen LogP contribution is -1.89.